The lowest BCUT2D eigenvalue weighted by molar-refractivity contribution is -0.125. The second-order valence-corrected chi connectivity index (χ2v) is 3.72. The molecule has 0 saturated carbocycles. The maximum atomic E-state index is 12.0. The highest BCUT2D eigenvalue weighted by atomic mass is 16.2. The first-order valence-corrected chi connectivity index (χ1v) is 5.24. The molecule has 1 radical (unpaired) electrons. The first kappa shape index (κ1) is 11.4. The topological polar surface area (TPSA) is 75.2 Å². The first-order valence-electron chi connectivity index (χ1n) is 5.24. The van der Waals surface area contributed by atoms with Gasteiger partial charge in [0.15, 0.2) is 6.21 Å². The summed E-state index contributed by atoms with van der Waals surface area (Å²) in [5, 5.41) is 10.3. The van der Waals surface area contributed by atoms with Crippen molar-refractivity contribution in [2.75, 3.05) is 6.54 Å². The van der Waals surface area contributed by atoms with E-state index in [-0.39, 0.29) is 16.1 Å². The molecule has 1 unspecified atom stereocenters. The van der Waals surface area contributed by atoms with Crippen molar-refractivity contribution in [3.8, 4) is 0 Å². The van der Waals surface area contributed by atoms with Crippen molar-refractivity contribution in [3.63, 3.8) is 0 Å². The highest BCUT2D eigenvalue weighted by Gasteiger charge is 2.40. The van der Waals surface area contributed by atoms with E-state index >= 15 is 0 Å². The second kappa shape index (κ2) is 4.06. The fourth-order valence-electron chi connectivity index (χ4n) is 1.64. The monoisotopic (exact) mass is 232 g/mol. The largest absolute Gasteiger partial charge is 0.371 e. The van der Waals surface area contributed by atoms with Crippen LogP contribution in [0, 0.1) is 6.92 Å². The molecule has 87 valence electrons. The number of hydrogen-bond donors (Lipinski definition) is 1. The third-order valence-corrected chi connectivity index (χ3v) is 2.71. The molecule has 1 aliphatic heterocycles. The highest BCUT2D eigenvalue weighted by molar-refractivity contribution is 6.01. The Labute approximate surface area is 97.9 Å². The zero-order valence-corrected chi connectivity index (χ0v) is 9.60. The van der Waals surface area contributed by atoms with Crippen LogP contribution in [0.4, 0.5) is 5.82 Å². The van der Waals surface area contributed by atoms with Gasteiger partial charge in [-0.2, -0.15) is 0 Å². The minimum absolute atomic E-state index is 0.204. The van der Waals surface area contributed by atoms with Gasteiger partial charge in [-0.3, -0.25) is 4.79 Å². The van der Waals surface area contributed by atoms with Crippen LogP contribution in [0.15, 0.2) is 28.1 Å². The molecule has 1 atom stereocenters. The molecule has 1 N–H and O–H groups in total. The number of allylic oxidation sites excluding steroid dienone is 1. The molecular formula is C11H12N4O2+. The average Bonchev–Trinajstić information content (AvgIpc) is 2.34. The third kappa shape index (κ3) is 1.72. The lowest BCUT2D eigenvalue weighted by Crippen LogP contribution is -2.50. The van der Waals surface area contributed by atoms with Crippen molar-refractivity contribution >= 4 is 17.9 Å². The first-order chi connectivity index (χ1) is 8.10. The Bertz CT molecular complexity index is 573. The van der Waals surface area contributed by atoms with E-state index in [1.54, 1.807) is 13.0 Å². The molecule has 0 fully saturated rings. The standard InChI is InChI=1S/C11H11N4O2/c1-3-15(10(16)5-4-6-12-15)9-7-8(2)11(17)14-13-9/h4-5,7H,3H2,1-2H3/p+1. The number of rotatable bonds is 2. The number of amides is 1. The van der Waals surface area contributed by atoms with Crippen molar-refractivity contribution in [2.45, 2.75) is 13.8 Å². The Morgan fingerprint density at radius 3 is 2.82 bits per heavy atom. The van der Waals surface area contributed by atoms with Crippen LogP contribution >= 0.6 is 0 Å². The van der Waals surface area contributed by atoms with Gasteiger partial charge in [-0.15, -0.1) is 5.10 Å². The Kier molecular flexibility index (Phi) is 2.72. The highest BCUT2D eigenvalue weighted by Crippen LogP contribution is 2.23. The summed E-state index contributed by atoms with van der Waals surface area (Å²) in [6, 6.07) is 1.57. The van der Waals surface area contributed by atoms with E-state index in [1.807, 2.05) is 6.92 Å². The Morgan fingerprint density at radius 1 is 1.47 bits per heavy atom. The van der Waals surface area contributed by atoms with Crippen molar-refractivity contribution in [2.24, 2.45) is 5.10 Å². The number of nitrogens with one attached hydrogen (secondary N) is 1. The lowest BCUT2D eigenvalue weighted by Gasteiger charge is -2.25. The molecule has 1 aromatic heterocycles. The predicted molar refractivity (Wildman–Crippen MR) is 63.5 cm³/mol. The van der Waals surface area contributed by atoms with Crippen LogP contribution < -0.4 is 10.2 Å². The number of aromatic amines is 1. The van der Waals surface area contributed by atoms with E-state index in [0.717, 1.165) is 0 Å². The van der Waals surface area contributed by atoms with E-state index < -0.39 is 0 Å². The zero-order chi connectivity index (χ0) is 12.5. The molecule has 2 heterocycles. The molecular weight excluding hydrogens is 220 g/mol. The molecule has 17 heavy (non-hydrogen) atoms. The summed E-state index contributed by atoms with van der Waals surface area (Å²) in [5.74, 6) is 0.191. The van der Waals surface area contributed by atoms with E-state index in [9.17, 15) is 9.59 Å². The summed E-state index contributed by atoms with van der Waals surface area (Å²) in [5.41, 5.74) is 0.231. The molecule has 6 nitrogen and oxygen atoms in total. The summed E-state index contributed by atoms with van der Waals surface area (Å²) in [7, 11) is 0. The van der Waals surface area contributed by atoms with Crippen LogP contribution in [0.25, 0.3) is 0 Å². The fraction of sp³-hybridized carbons (Fsp3) is 0.273. The molecule has 0 aromatic carbocycles. The van der Waals surface area contributed by atoms with Gasteiger partial charge >= 0.3 is 5.91 Å². The molecule has 0 spiro atoms. The molecule has 1 amide bonds. The number of aromatic nitrogens is 2. The molecule has 0 bridgehead atoms. The van der Waals surface area contributed by atoms with Crippen LogP contribution in [0.3, 0.4) is 0 Å². The zero-order valence-electron chi connectivity index (χ0n) is 9.60. The minimum atomic E-state index is -0.298. The minimum Gasteiger partial charge on any atom is -0.268 e. The molecule has 1 aromatic rings. The number of aryl methyl sites for hydroxylation is 1. The molecule has 0 saturated heterocycles. The Balaban J connectivity index is 2.59. The summed E-state index contributed by atoms with van der Waals surface area (Å²) in [6.07, 6.45) is 5.52. The molecule has 2 rings (SSSR count). The van der Waals surface area contributed by atoms with Crippen molar-refractivity contribution in [3.05, 3.63) is 34.1 Å². The van der Waals surface area contributed by atoms with Gasteiger partial charge in [0, 0.05) is 17.7 Å². The average molecular weight is 232 g/mol. The normalized spacial score (nSPS) is 23.1. The molecule has 0 aliphatic carbocycles. The van der Waals surface area contributed by atoms with Gasteiger partial charge in [-0.25, -0.2) is 9.89 Å². The van der Waals surface area contributed by atoms with Crippen LogP contribution in [-0.4, -0.2) is 28.9 Å². The number of carbonyl (C=O) groups excluding carboxylic acids is 1. The lowest BCUT2D eigenvalue weighted by atomic mass is 10.3. The van der Waals surface area contributed by atoms with E-state index in [0.29, 0.717) is 17.9 Å². The quantitative estimate of drug-likeness (QED) is 0.748. The summed E-state index contributed by atoms with van der Waals surface area (Å²) in [6.45, 7) is 3.90. The van der Waals surface area contributed by atoms with Crippen molar-refractivity contribution in [1.82, 2.24) is 14.8 Å². The number of nitrogens with zero attached hydrogens (tertiary/aromatic N) is 3. The Morgan fingerprint density at radius 2 is 2.24 bits per heavy atom. The summed E-state index contributed by atoms with van der Waals surface area (Å²) < 4.78 is -0.298. The van der Waals surface area contributed by atoms with Crippen LogP contribution in [-0.2, 0) is 4.79 Å². The van der Waals surface area contributed by atoms with Crippen LogP contribution in [0.1, 0.15) is 12.5 Å². The number of H-pyrrole nitrogens is 1. The van der Waals surface area contributed by atoms with E-state index in [1.165, 1.54) is 12.2 Å². The van der Waals surface area contributed by atoms with Gasteiger partial charge < -0.3 is 0 Å². The van der Waals surface area contributed by atoms with Gasteiger partial charge in [0.05, 0.1) is 0 Å². The maximum absolute atomic E-state index is 12.0. The predicted octanol–water partition coefficient (Wildman–Crippen LogP) is 0.365. The number of hydrogen-bond acceptors (Lipinski definition) is 4. The van der Waals surface area contributed by atoms with Gasteiger partial charge in [0.1, 0.15) is 6.54 Å². The molecule has 1 aliphatic rings. The van der Waals surface area contributed by atoms with Gasteiger partial charge in [0.25, 0.3) is 11.4 Å². The van der Waals surface area contributed by atoms with E-state index in [2.05, 4.69) is 21.5 Å². The SMILES string of the molecule is CC[N+]1(c2cc(C)c(=O)[nH]n2)N=[C]C=CC1=O. The summed E-state index contributed by atoms with van der Waals surface area (Å²) >= 11 is 0. The van der Waals surface area contributed by atoms with Gasteiger partial charge in [-0.1, -0.05) is 9.69 Å². The van der Waals surface area contributed by atoms with Crippen molar-refractivity contribution < 1.29 is 4.79 Å². The summed E-state index contributed by atoms with van der Waals surface area (Å²) in [4.78, 5) is 23.2. The number of quaternary nitrogens is 1. The van der Waals surface area contributed by atoms with Gasteiger partial charge in [0.2, 0.25) is 0 Å². The number of likely N-dealkylation sites (N-methyl/N-ethyl adjacent to an activating group) is 1. The second-order valence-electron chi connectivity index (χ2n) is 3.72. The van der Waals surface area contributed by atoms with Crippen molar-refractivity contribution in [1.29, 1.82) is 0 Å². The third-order valence-electron chi connectivity index (χ3n) is 2.71. The van der Waals surface area contributed by atoms with Gasteiger partial charge in [-0.05, 0) is 19.9 Å². The molecule has 6 heteroatoms. The Hall–Kier alpha value is -2.08. The van der Waals surface area contributed by atoms with E-state index in [4.69, 9.17) is 0 Å². The van der Waals surface area contributed by atoms with Crippen LogP contribution in [0.2, 0.25) is 0 Å². The number of carbonyl (C=O) groups is 1. The van der Waals surface area contributed by atoms with Crippen LogP contribution in [0.5, 0.6) is 0 Å². The maximum Gasteiger partial charge on any atom is 0.371 e. The fourth-order valence-corrected chi connectivity index (χ4v) is 1.64. The smallest absolute Gasteiger partial charge is 0.268 e.